The van der Waals surface area contributed by atoms with Crippen LogP contribution in [0.5, 0.6) is 0 Å². The number of hydrogen-bond donors (Lipinski definition) is 1. The molecule has 378 valence electrons. The minimum atomic E-state index is 0.638. The number of imidazole rings is 3. The molecule has 0 saturated carbocycles. The zero-order valence-electron chi connectivity index (χ0n) is 41.8. The van der Waals surface area contributed by atoms with E-state index >= 15 is 0 Å². The van der Waals surface area contributed by atoms with Gasteiger partial charge in [0.2, 0.25) is 0 Å². The number of rotatable bonds is 6. The van der Waals surface area contributed by atoms with Crippen molar-refractivity contribution in [2.75, 3.05) is 80.3 Å². The summed E-state index contributed by atoms with van der Waals surface area (Å²) in [5, 5.41) is 5.32. The lowest BCUT2D eigenvalue weighted by Crippen LogP contribution is -2.43. The monoisotopic (exact) mass is 1030 g/mol. The van der Waals surface area contributed by atoms with Crippen LogP contribution in [0.4, 0.5) is 17.5 Å². The van der Waals surface area contributed by atoms with Gasteiger partial charge in [-0.05, 0) is 73.9 Å². The first-order chi connectivity index (χ1) is 35.4. The van der Waals surface area contributed by atoms with Crippen LogP contribution in [0.15, 0.2) is 110 Å². The third-order valence-electron chi connectivity index (χ3n) is 11.5. The molecule has 0 amide bonds. The maximum absolute atomic E-state index is 6.09. The predicted molar refractivity (Wildman–Crippen MR) is 292 cm³/mol. The summed E-state index contributed by atoms with van der Waals surface area (Å²) in [5.74, 6) is 4.82. The van der Waals surface area contributed by atoms with Gasteiger partial charge in [0.05, 0.1) is 46.9 Å². The van der Waals surface area contributed by atoms with E-state index < -0.39 is 0 Å². The number of nitrogens with one attached hydrogen (secondary N) is 1. The van der Waals surface area contributed by atoms with Gasteiger partial charge in [0.15, 0.2) is 17.5 Å². The molecular formula is C52H63Cl3N16O. The van der Waals surface area contributed by atoms with Gasteiger partial charge in [-0.3, -0.25) is 13.2 Å². The van der Waals surface area contributed by atoms with Crippen molar-refractivity contribution in [3.8, 4) is 34.6 Å². The second kappa shape index (κ2) is 26.8. The lowest BCUT2D eigenvalue weighted by Gasteiger charge is -2.28. The van der Waals surface area contributed by atoms with Crippen LogP contribution in [-0.4, -0.2) is 124 Å². The first-order valence-corrected chi connectivity index (χ1v) is 26.0. The number of piperazine rings is 1. The number of hydrogen-bond acceptors (Lipinski definition) is 14. The predicted octanol–water partition coefficient (Wildman–Crippen LogP) is 10.6. The van der Waals surface area contributed by atoms with Gasteiger partial charge >= 0.3 is 0 Å². The van der Waals surface area contributed by atoms with Crippen LogP contribution < -0.4 is 20.0 Å². The van der Waals surface area contributed by atoms with E-state index in [4.69, 9.17) is 49.5 Å². The molecule has 20 heteroatoms. The molecule has 0 atom stereocenters. The Morgan fingerprint density at radius 2 is 0.764 bits per heavy atom. The topological polar surface area (TPSA) is 160 Å². The smallest absolute Gasteiger partial charge is 0.180 e. The summed E-state index contributed by atoms with van der Waals surface area (Å²) in [6.45, 7) is 21.1. The summed E-state index contributed by atoms with van der Waals surface area (Å²) < 4.78 is 11.1. The maximum atomic E-state index is 6.09. The van der Waals surface area contributed by atoms with Gasteiger partial charge in [-0.2, -0.15) is 0 Å². The lowest BCUT2D eigenvalue weighted by atomic mass is 10.1. The summed E-state index contributed by atoms with van der Waals surface area (Å²) >= 11 is 18.3. The van der Waals surface area contributed by atoms with E-state index in [1.165, 1.54) is 19.3 Å². The van der Waals surface area contributed by atoms with Crippen molar-refractivity contribution >= 4 is 69.2 Å². The van der Waals surface area contributed by atoms with Gasteiger partial charge in [0.25, 0.3) is 0 Å². The summed E-state index contributed by atoms with van der Waals surface area (Å²) in [6.07, 6.45) is 20.0. The molecule has 1 N–H and O–H groups in total. The SMILES string of the molecule is CC.CC.CC.Clc1ccc2ncc(-c3nccc(N4CCCCC4)n3)n2c1.Clc1ccc2ncc(-c3nccc(N4CCNCC4)n3)n2c1.Clc1ccc2ncc(-c3nccc(N4CCOCC4)n3)n2c1. The fourth-order valence-electron chi connectivity index (χ4n) is 8.12. The highest BCUT2D eigenvalue weighted by molar-refractivity contribution is 6.31. The lowest BCUT2D eigenvalue weighted by molar-refractivity contribution is 0.122. The first-order valence-electron chi connectivity index (χ1n) is 24.8. The highest BCUT2D eigenvalue weighted by atomic mass is 35.5. The van der Waals surface area contributed by atoms with Crippen molar-refractivity contribution < 1.29 is 4.74 Å². The molecular weight excluding hydrogens is 971 g/mol. The number of piperidine rings is 1. The molecule has 0 spiro atoms. The third-order valence-corrected chi connectivity index (χ3v) is 12.1. The van der Waals surface area contributed by atoms with Crippen LogP contribution in [-0.2, 0) is 4.74 Å². The second-order valence-electron chi connectivity index (χ2n) is 15.8. The van der Waals surface area contributed by atoms with Crippen molar-refractivity contribution in [1.82, 2.24) is 63.4 Å². The second-order valence-corrected chi connectivity index (χ2v) is 17.1. The number of pyridine rings is 3. The number of morpholine rings is 1. The normalized spacial score (nSPS) is 14.4. The van der Waals surface area contributed by atoms with Gasteiger partial charge in [0.1, 0.15) is 51.5 Å². The molecule has 3 aliphatic heterocycles. The minimum absolute atomic E-state index is 0.638. The Labute approximate surface area is 436 Å². The molecule has 0 aliphatic carbocycles. The van der Waals surface area contributed by atoms with E-state index in [-0.39, 0.29) is 0 Å². The van der Waals surface area contributed by atoms with Crippen LogP contribution >= 0.6 is 34.8 Å². The van der Waals surface area contributed by atoms with Crippen LogP contribution in [0.25, 0.3) is 51.5 Å². The Balaban J connectivity index is 0.000000150. The molecule has 3 saturated heterocycles. The Hall–Kier alpha value is -6.50. The fraction of sp³-hybridized carbons (Fsp3) is 0.365. The molecule has 0 radical (unpaired) electrons. The van der Waals surface area contributed by atoms with Crippen molar-refractivity contribution in [3.63, 3.8) is 0 Å². The molecule has 0 bridgehead atoms. The third kappa shape index (κ3) is 13.1. The van der Waals surface area contributed by atoms with Gasteiger partial charge in [-0.25, -0.2) is 44.9 Å². The highest BCUT2D eigenvalue weighted by Gasteiger charge is 2.18. The molecule has 9 aromatic rings. The molecule has 3 fully saturated rings. The van der Waals surface area contributed by atoms with Gasteiger partial charge < -0.3 is 24.8 Å². The van der Waals surface area contributed by atoms with E-state index in [1.807, 2.05) is 134 Å². The highest BCUT2D eigenvalue weighted by Crippen LogP contribution is 2.26. The van der Waals surface area contributed by atoms with E-state index in [0.717, 1.165) is 117 Å². The number of aromatic nitrogens is 12. The van der Waals surface area contributed by atoms with Crippen molar-refractivity contribution in [3.05, 3.63) is 125 Å². The molecule has 0 aromatic carbocycles. The van der Waals surface area contributed by atoms with Crippen LogP contribution in [0.1, 0.15) is 60.8 Å². The first kappa shape index (κ1) is 53.3. The molecule has 0 unspecified atom stereocenters. The van der Waals surface area contributed by atoms with Gasteiger partial charge in [-0.1, -0.05) is 76.3 Å². The Kier molecular flexibility index (Phi) is 19.8. The summed E-state index contributed by atoms with van der Waals surface area (Å²) in [7, 11) is 0. The number of anilines is 3. The molecule has 12 rings (SSSR count). The quantitative estimate of drug-likeness (QED) is 0.168. The maximum Gasteiger partial charge on any atom is 0.180 e. The summed E-state index contributed by atoms with van der Waals surface area (Å²) in [5.41, 5.74) is 5.01. The van der Waals surface area contributed by atoms with E-state index in [1.54, 1.807) is 31.0 Å². The van der Waals surface area contributed by atoms with Crippen molar-refractivity contribution in [1.29, 1.82) is 0 Å². The van der Waals surface area contributed by atoms with E-state index in [2.05, 4.69) is 54.9 Å². The Bertz CT molecular complexity index is 2760. The van der Waals surface area contributed by atoms with Crippen molar-refractivity contribution in [2.24, 2.45) is 0 Å². The van der Waals surface area contributed by atoms with Crippen molar-refractivity contribution in [2.45, 2.75) is 60.8 Å². The van der Waals surface area contributed by atoms with Gasteiger partial charge in [-0.15, -0.1) is 0 Å². The van der Waals surface area contributed by atoms with E-state index in [9.17, 15) is 0 Å². The number of ether oxygens (including phenoxy) is 1. The molecule has 17 nitrogen and oxygen atoms in total. The zero-order chi connectivity index (χ0) is 50.8. The summed E-state index contributed by atoms with van der Waals surface area (Å²) in [6, 6.07) is 17.0. The van der Waals surface area contributed by atoms with Gasteiger partial charge in [0, 0.05) is 89.5 Å². The minimum Gasteiger partial charge on any atom is -0.378 e. The van der Waals surface area contributed by atoms with Crippen LogP contribution in [0.3, 0.4) is 0 Å². The zero-order valence-corrected chi connectivity index (χ0v) is 44.1. The number of fused-ring (bicyclic) bond motifs is 3. The molecule has 3 aliphatic rings. The van der Waals surface area contributed by atoms with Crippen LogP contribution in [0, 0.1) is 0 Å². The number of nitrogens with zero attached hydrogens (tertiary/aromatic N) is 15. The Morgan fingerprint density at radius 1 is 0.417 bits per heavy atom. The van der Waals surface area contributed by atoms with E-state index in [0.29, 0.717) is 32.5 Å². The average molecular weight is 1030 g/mol. The standard InChI is InChI=1S/C16H16ClN5.C15H15ClN6.C15H14ClN5O.3C2H6/c17-12-4-5-14-19-10-13(22(14)11-12)16-18-7-6-15(20-16)21-8-2-1-3-9-21;16-11-1-2-13-19-9-12(22(13)10-11)15-18-4-3-14(20-15)21-7-5-17-6-8-21;16-11-1-2-13-18-9-12(21(13)10-11)15-17-4-3-14(19-15)20-5-7-22-8-6-20;3*1-2/h4-7,10-11H,1-3,8-9H2;1-4,9-10,17H,5-8H2;1-4,9-10H,5-8H2;3*1-2H3. The van der Waals surface area contributed by atoms with Crippen LogP contribution in [0.2, 0.25) is 15.1 Å². The number of halogens is 3. The average Bonchev–Trinajstić information content (AvgIpc) is 4.21. The summed E-state index contributed by atoms with van der Waals surface area (Å²) in [4.78, 5) is 47.2. The fourth-order valence-corrected chi connectivity index (χ4v) is 8.60. The molecule has 9 aromatic heterocycles. The Morgan fingerprint density at radius 3 is 1.14 bits per heavy atom. The molecule has 72 heavy (non-hydrogen) atoms. The largest absolute Gasteiger partial charge is 0.378 e. The molecule has 12 heterocycles.